The van der Waals surface area contributed by atoms with Gasteiger partial charge in [0.25, 0.3) is 0 Å². The number of nitrogens with one attached hydrogen (secondary N) is 3. The molecule has 1 aromatic rings. The molecule has 0 aliphatic heterocycles. The van der Waals surface area contributed by atoms with E-state index in [0.29, 0.717) is 6.42 Å². The number of carbonyl (C=O) groups is 2. The zero-order valence-electron chi connectivity index (χ0n) is 12.2. The summed E-state index contributed by atoms with van der Waals surface area (Å²) in [6.07, 6.45) is 2.30. The van der Waals surface area contributed by atoms with Crippen LogP contribution in [0.1, 0.15) is 31.7 Å². The van der Waals surface area contributed by atoms with Gasteiger partial charge in [-0.25, -0.2) is 0 Å². The quantitative estimate of drug-likeness (QED) is 0.748. The minimum Gasteiger partial charge on any atom is -0.332 e. The van der Waals surface area contributed by atoms with Gasteiger partial charge >= 0.3 is 0 Å². The summed E-state index contributed by atoms with van der Waals surface area (Å²) in [5.74, 6) is 0.0430. The van der Waals surface area contributed by atoms with Crippen molar-refractivity contribution in [2.75, 3.05) is 10.6 Å². The molecule has 3 N–H and O–H groups in total. The van der Waals surface area contributed by atoms with Gasteiger partial charge in [-0.3, -0.25) is 9.59 Å². The molecule has 1 aromatic carbocycles. The zero-order chi connectivity index (χ0) is 15.4. The van der Waals surface area contributed by atoms with Crippen LogP contribution in [0.2, 0.25) is 0 Å². The molecule has 0 aromatic heterocycles. The van der Waals surface area contributed by atoms with Crippen molar-refractivity contribution in [2.24, 2.45) is 5.92 Å². The first kappa shape index (κ1) is 15.4. The number of carbonyl (C=O) groups excluding carboxylic acids is 2. The number of anilines is 2. The molecule has 0 radical (unpaired) electrons. The monoisotopic (exact) mass is 305 g/mol. The summed E-state index contributed by atoms with van der Waals surface area (Å²) in [5.41, 5.74) is 2.38. The maximum Gasteiger partial charge on any atom is 0.229 e. The Bertz CT molecular complexity index is 582. The fourth-order valence-corrected chi connectivity index (χ4v) is 2.07. The first-order chi connectivity index (χ1) is 10.0. The van der Waals surface area contributed by atoms with Crippen LogP contribution in [0.3, 0.4) is 0 Å². The third kappa shape index (κ3) is 4.26. The average molecular weight is 305 g/mol. The summed E-state index contributed by atoms with van der Waals surface area (Å²) in [5, 5.41) is 8.81. The second-order valence-corrected chi connectivity index (χ2v) is 5.51. The van der Waals surface area contributed by atoms with Gasteiger partial charge in [-0.05, 0) is 49.7 Å². The molecule has 0 bridgehead atoms. The summed E-state index contributed by atoms with van der Waals surface area (Å²) in [4.78, 5) is 23.1. The lowest BCUT2D eigenvalue weighted by Gasteiger charge is -2.14. The molecule has 0 spiro atoms. The van der Waals surface area contributed by atoms with Gasteiger partial charge in [0, 0.05) is 23.7 Å². The van der Waals surface area contributed by atoms with E-state index in [-0.39, 0.29) is 22.8 Å². The fraction of sp³-hybridized carbons (Fsp3) is 0.400. The molecule has 0 heterocycles. The maximum absolute atomic E-state index is 11.6. The Hall–Kier alpha value is -1.95. The third-order valence-electron chi connectivity index (χ3n) is 3.36. The largest absolute Gasteiger partial charge is 0.332 e. The Kier molecular flexibility index (Phi) is 4.90. The number of rotatable bonds is 4. The molecule has 2 rings (SSSR count). The summed E-state index contributed by atoms with van der Waals surface area (Å²) in [6, 6.07) is 5.51. The summed E-state index contributed by atoms with van der Waals surface area (Å²) in [6.45, 7) is 3.69. The van der Waals surface area contributed by atoms with Gasteiger partial charge in [0.15, 0.2) is 5.11 Å². The van der Waals surface area contributed by atoms with Gasteiger partial charge in [-0.2, -0.15) is 0 Å². The van der Waals surface area contributed by atoms with Crippen LogP contribution >= 0.6 is 12.2 Å². The third-order valence-corrected chi connectivity index (χ3v) is 3.57. The first-order valence-electron chi connectivity index (χ1n) is 7.02. The molecule has 21 heavy (non-hydrogen) atoms. The molecular weight excluding hydrogens is 286 g/mol. The zero-order valence-corrected chi connectivity index (χ0v) is 13.0. The Morgan fingerprint density at radius 2 is 1.86 bits per heavy atom. The van der Waals surface area contributed by atoms with Crippen LogP contribution in [-0.4, -0.2) is 16.9 Å². The number of hydrogen-bond acceptors (Lipinski definition) is 3. The lowest BCUT2D eigenvalue weighted by Crippen LogP contribution is -2.35. The van der Waals surface area contributed by atoms with Crippen LogP contribution in [0.4, 0.5) is 11.4 Å². The SMILES string of the molecule is CCC(=O)Nc1cccc(NC(=S)NC(=O)C2CC2)c1C. The highest BCUT2D eigenvalue weighted by Gasteiger charge is 2.30. The van der Waals surface area contributed by atoms with Gasteiger partial charge in [0.2, 0.25) is 11.8 Å². The van der Waals surface area contributed by atoms with Crippen molar-refractivity contribution in [2.45, 2.75) is 33.1 Å². The van der Waals surface area contributed by atoms with Crippen molar-refractivity contribution in [1.29, 1.82) is 0 Å². The smallest absolute Gasteiger partial charge is 0.229 e. The second-order valence-electron chi connectivity index (χ2n) is 5.10. The molecule has 1 aliphatic carbocycles. The van der Waals surface area contributed by atoms with Gasteiger partial charge < -0.3 is 16.0 Å². The van der Waals surface area contributed by atoms with Crippen LogP contribution in [0, 0.1) is 12.8 Å². The standard InChI is InChI=1S/C15H19N3O2S/c1-3-13(19)16-11-5-4-6-12(9(11)2)17-15(21)18-14(20)10-7-8-10/h4-6,10H,3,7-8H2,1-2H3,(H,16,19)(H2,17,18,20,21). The van der Waals surface area contributed by atoms with E-state index in [2.05, 4.69) is 16.0 Å². The number of thiocarbonyl (C=S) groups is 1. The molecule has 1 aliphatic rings. The molecule has 112 valence electrons. The van der Waals surface area contributed by atoms with E-state index in [1.807, 2.05) is 25.1 Å². The van der Waals surface area contributed by atoms with Crippen molar-refractivity contribution in [3.8, 4) is 0 Å². The molecule has 6 heteroatoms. The number of hydrogen-bond donors (Lipinski definition) is 3. The molecule has 0 unspecified atom stereocenters. The highest BCUT2D eigenvalue weighted by Crippen LogP contribution is 2.29. The normalized spacial score (nSPS) is 13.4. The van der Waals surface area contributed by atoms with E-state index in [4.69, 9.17) is 12.2 Å². The molecule has 0 atom stereocenters. The maximum atomic E-state index is 11.6. The predicted octanol–water partition coefficient (Wildman–Crippen LogP) is 2.57. The number of amides is 2. The highest BCUT2D eigenvalue weighted by molar-refractivity contribution is 7.80. The van der Waals surface area contributed by atoms with Crippen LogP contribution < -0.4 is 16.0 Å². The van der Waals surface area contributed by atoms with Crippen molar-refractivity contribution >= 4 is 40.5 Å². The second kappa shape index (κ2) is 6.67. The molecule has 0 saturated heterocycles. The summed E-state index contributed by atoms with van der Waals surface area (Å²) >= 11 is 5.14. The van der Waals surface area contributed by atoms with E-state index in [1.54, 1.807) is 6.92 Å². The van der Waals surface area contributed by atoms with E-state index in [0.717, 1.165) is 29.8 Å². The molecule has 1 fully saturated rings. The summed E-state index contributed by atoms with van der Waals surface area (Å²) < 4.78 is 0. The lowest BCUT2D eigenvalue weighted by atomic mass is 10.1. The fourth-order valence-electron chi connectivity index (χ4n) is 1.86. The molecular formula is C15H19N3O2S. The van der Waals surface area contributed by atoms with Crippen molar-refractivity contribution in [3.63, 3.8) is 0 Å². The van der Waals surface area contributed by atoms with Crippen LogP contribution in [-0.2, 0) is 9.59 Å². The number of benzene rings is 1. The van der Waals surface area contributed by atoms with Gasteiger partial charge in [0.1, 0.15) is 0 Å². The predicted molar refractivity (Wildman–Crippen MR) is 87.2 cm³/mol. The van der Waals surface area contributed by atoms with Gasteiger partial charge in [0.05, 0.1) is 0 Å². The van der Waals surface area contributed by atoms with E-state index in [1.165, 1.54) is 0 Å². The van der Waals surface area contributed by atoms with Crippen molar-refractivity contribution in [3.05, 3.63) is 23.8 Å². The van der Waals surface area contributed by atoms with Crippen LogP contribution in [0.5, 0.6) is 0 Å². The van der Waals surface area contributed by atoms with E-state index in [9.17, 15) is 9.59 Å². The van der Waals surface area contributed by atoms with Crippen LogP contribution in [0.25, 0.3) is 0 Å². The van der Waals surface area contributed by atoms with Gasteiger partial charge in [-0.15, -0.1) is 0 Å². The Labute approximate surface area is 129 Å². The topological polar surface area (TPSA) is 70.2 Å². The Morgan fingerprint density at radius 1 is 1.24 bits per heavy atom. The van der Waals surface area contributed by atoms with Crippen molar-refractivity contribution < 1.29 is 9.59 Å². The van der Waals surface area contributed by atoms with Crippen LogP contribution in [0.15, 0.2) is 18.2 Å². The highest BCUT2D eigenvalue weighted by atomic mass is 32.1. The minimum absolute atomic E-state index is 0.0272. The first-order valence-corrected chi connectivity index (χ1v) is 7.43. The van der Waals surface area contributed by atoms with E-state index < -0.39 is 0 Å². The van der Waals surface area contributed by atoms with Gasteiger partial charge in [-0.1, -0.05) is 13.0 Å². The molecule has 2 amide bonds. The van der Waals surface area contributed by atoms with E-state index >= 15 is 0 Å². The molecule has 5 nitrogen and oxygen atoms in total. The lowest BCUT2D eigenvalue weighted by molar-refractivity contribution is -0.120. The molecule has 1 saturated carbocycles. The van der Waals surface area contributed by atoms with Crippen molar-refractivity contribution in [1.82, 2.24) is 5.32 Å². The minimum atomic E-state index is -0.0418. The summed E-state index contributed by atoms with van der Waals surface area (Å²) in [7, 11) is 0. The average Bonchev–Trinajstić information content (AvgIpc) is 3.27. The Balaban J connectivity index is 2.02. The Morgan fingerprint density at radius 3 is 2.43 bits per heavy atom.